The van der Waals surface area contributed by atoms with Crippen LogP contribution in [0, 0.1) is 10.1 Å². The molecular formula is C19H13NO8. The van der Waals surface area contributed by atoms with Crippen molar-refractivity contribution in [3.05, 3.63) is 80.2 Å². The van der Waals surface area contributed by atoms with Crippen molar-refractivity contribution in [3.8, 4) is 5.75 Å². The maximum atomic E-state index is 12.2. The van der Waals surface area contributed by atoms with Crippen molar-refractivity contribution in [3.63, 3.8) is 0 Å². The van der Waals surface area contributed by atoms with Gasteiger partial charge in [0.25, 0.3) is 5.69 Å². The molecule has 0 unspecified atom stereocenters. The van der Waals surface area contributed by atoms with Gasteiger partial charge in [-0.2, -0.15) is 0 Å². The van der Waals surface area contributed by atoms with Crippen LogP contribution in [0.15, 0.2) is 57.7 Å². The number of esters is 2. The molecule has 9 nitrogen and oxygen atoms in total. The Balaban J connectivity index is 1.85. The Morgan fingerprint density at radius 2 is 1.79 bits per heavy atom. The molecule has 0 aliphatic heterocycles. The van der Waals surface area contributed by atoms with Crippen LogP contribution in [0.4, 0.5) is 5.69 Å². The molecule has 0 aliphatic rings. The predicted octanol–water partition coefficient (Wildman–Crippen LogP) is 3.10. The Hall–Kier alpha value is -4.01. The first-order valence-corrected chi connectivity index (χ1v) is 8.10. The van der Waals surface area contributed by atoms with Gasteiger partial charge in [-0.25, -0.2) is 14.4 Å². The lowest BCUT2D eigenvalue weighted by molar-refractivity contribution is -0.384. The summed E-state index contributed by atoms with van der Waals surface area (Å²) >= 11 is 0. The van der Waals surface area contributed by atoms with Crippen LogP contribution in [0.5, 0.6) is 5.75 Å². The van der Waals surface area contributed by atoms with Crippen LogP contribution < -0.4 is 10.4 Å². The summed E-state index contributed by atoms with van der Waals surface area (Å²) in [6, 6.07) is 10.6. The van der Waals surface area contributed by atoms with Crippen molar-refractivity contribution in [2.75, 3.05) is 6.61 Å². The van der Waals surface area contributed by atoms with Gasteiger partial charge in [0, 0.05) is 23.6 Å². The maximum absolute atomic E-state index is 12.2. The molecule has 0 fully saturated rings. The number of benzene rings is 2. The Bertz CT molecular complexity index is 1130. The number of fused-ring (bicyclic) bond motifs is 1. The molecule has 0 radical (unpaired) electrons. The van der Waals surface area contributed by atoms with Gasteiger partial charge in [-0.1, -0.05) is 0 Å². The summed E-state index contributed by atoms with van der Waals surface area (Å²) in [7, 11) is 0. The van der Waals surface area contributed by atoms with E-state index in [-0.39, 0.29) is 34.8 Å². The van der Waals surface area contributed by atoms with Crippen LogP contribution in [0.25, 0.3) is 11.0 Å². The molecule has 0 amide bonds. The van der Waals surface area contributed by atoms with E-state index >= 15 is 0 Å². The summed E-state index contributed by atoms with van der Waals surface area (Å²) < 4.78 is 15.1. The highest BCUT2D eigenvalue weighted by Crippen LogP contribution is 2.22. The molecule has 2 aromatic carbocycles. The van der Waals surface area contributed by atoms with Crippen LogP contribution in [0.3, 0.4) is 0 Å². The van der Waals surface area contributed by atoms with Gasteiger partial charge in [0.05, 0.1) is 17.1 Å². The Kier molecular flexibility index (Phi) is 5.16. The number of hydrogen-bond acceptors (Lipinski definition) is 8. The second-order valence-corrected chi connectivity index (χ2v) is 5.56. The van der Waals surface area contributed by atoms with Crippen LogP contribution in [0.1, 0.15) is 27.6 Å². The number of carbonyl (C=O) groups excluding carboxylic acids is 2. The van der Waals surface area contributed by atoms with Crippen molar-refractivity contribution < 1.29 is 28.4 Å². The van der Waals surface area contributed by atoms with Gasteiger partial charge < -0.3 is 13.9 Å². The van der Waals surface area contributed by atoms with Gasteiger partial charge >= 0.3 is 17.6 Å². The lowest BCUT2D eigenvalue weighted by Gasteiger charge is -2.06. The number of nitro groups is 1. The number of nitro benzene ring substituents is 1. The third-order valence-corrected chi connectivity index (χ3v) is 3.73. The second-order valence-electron chi connectivity index (χ2n) is 5.56. The van der Waals surface area contributed by atoms with Crippen molar-refractivity contribution >= 4 is 28.6 Å². The fourth-order valence-corrected chi connectivity index (χ4v) is 2.39. The monoisotopic (exact) mass is 383 g/mol. The molecule has 1 heterocycles. The molecule has 3 rings (SSSR count). The second kappa shape index (κ2) is 7.70. The van der Waals surface area contributed by atoms with Gasteiger partial charge in [-0.15, -0.1) is 0 Å². The molecule has 0 N–H and O–H groups in total. The minimum atomic E-state index is -0.871. The molecule has 0 saturated carbocycles. The number of ether oxygens (including phenoxy) is 2. The third-order valence-electron chi connectivity index (χ3n) is 3.73. The Labute approximate surface area is 157 Å². The maximum Gasteiger partial charge on any atom is 0.351 e. The molecule has 0 aliphatic carbocycles. The quantitative estimate of drug-likeness (QED) is 0.216. The van der Waals surface area contributed by atoms with Crippen molar-refractivity contribution in [2.24, 2.45) is 0 Å². The highest BCUT2D eigenvalue weighted by Gasteiger charge is 2.16. The number of hydrogen-bond donors (Lipinski definition) is 0. The number of rotatable bonds is 5. The minimum absolute atomic E-state index is 0.0999. The molecule has 9 heteroatoms. The van der Waals surface area contributed by atoms with E-state index in [4.69, 9.17) is 13.9 Å². The third kappa shape index (κ3) is 3.88. The summed E-state index contributed by atoms with van der Waals surface area (Å²) in [4.78, 5) is 46.0. The summed E-state index contributed by atoms with van der Waals surface area (Å²) in [5.41, 5.74) is -1.02. The lowest BCUT2D eigenvalue weighted by Crippen LogP contribution is -2.16. The molecule has 0 atom stereocenters. The Morgan fingerprint density at radius 3 is 2.43 bits per heavy atom. The minimum Gasteiger partial charge on any atom is -0.462 e. The smallest absolute Gasteiger partial charge is 0.351 e. The number of non-ortho nitro benzene ring substituents is 1. The average molecular weight is 383 g/mol. The highest BCUT2D eigenvalue weighted by molar-refractivity contribution is 5.94. The molecule has 1 aromatic heterocycles. The largest absolute Gasteiger partial charge is 0.462 e. The fourth-order valence-electron chi connectivity index (χ4n) is 2.39. The number of carbonyl (C=O) groups is 2. The normalized spacial score (nSPS) is 10.5. The molecule has 0 bridgehead atoms. The topological polar surface area (TPSA) is 126 Å². The van der Waals surface area contributed by atoms with E-state index in [0.29, 0.717) is 5.39 Å². The standard InChI is InChI=1S/C19H13NO8/c1-2-26-18(22)15-9-12-5-8-14(10-16(12)28-19(15)23)27-17(21)11-3-6-13(7-4-11)20(24)25/h3-10H,2H2,1H3. The highest BCUT2D eigenvalue weighted by atomic mass is 16.6. The van der Waals surface area contributed by atoms with E-state index in [1.165, 1.54) is 48.5 Å². The van der Waals surface area contributed by atoms with Gasteiger partial charge in [0.15, 0.2) is 0 Å². The molecule has 142 valence electrons. The van der Waals surface area contributed by atoms with Crippen molar-refractivity contribution in [1.29, 1.82) is 0 Å². The van der Waals surface area contributed by atoms with Crippen LogP contribution in [-0.4, -0.2) is 23.5 Å². The zero-order valence-corrected chi connectivity index (χ0v) is 14.5. The molecular weight excluding hydrogens is 370 g/mol. The van der Waals surface area contributed by atoms with Gasteiger partial charge in [-0.3, -0.25) is 10.1 Å². The zero-order chi connectivity index (χ0) is 20.3. The molecule has 0 saturated heterocycles. The first-order chi connectivity index (χ1) is 13.4. The van der Waals surface area contributed by atoms with E-state index in [1.807, 2.05) is 0 Å². The van der Waals surface area contributed by atoms with Gasteiger partial charge in [-0.05, 0) is 37.3 Å². The SMILES string of the molecule is CCOC(=O)c1cc2ccc(OC(=O)c3ccc([N+](=O)[O-])cc3)cc2oc1=O. The Morgan fingerprint density at radius 1 is 1.07 bits per heavy atom. The summed E-state index contributed by atoms with van der Waals surface area (Å²) in [6.45, 7) is 1.74. The summed E-state index contributed by atoms with van der Waals surface area (Å²) in [5, 5.41) is 11.1. The first kappa shape index (κ1) is 18.8. The van der Waals surface area contributed by atoms with E-state index < -0.39 is 22.5 Å². The molecule has 0 spiro atoms. The lowest BCUT2D eigenvalue weighted by atomic mass is 10.2. The summed E-state index contributed by atoms with van der Waals surface area (Å²) in [5.74, 6) is -1.42. The average Bonchev–Trinajstić information content (AvgIpc) is 2.67. The van der Waals surface area contributed by atoms with E-state index in [1.54, 1.807) is 6.92 Å². The van der Waals surface area contributed by atoms with Crippen LogP contribution >= 0.6 is 0 Å². The van der Waals surface area contributed by atoms with Gasteiger partial charge in [0.2, 0.25) is 0 Å². The van der Waals surface area contributed by atoms with Crippen molar-refractivity contribution in [1.82, 2.24) is 0 Å². The molecule has 28 heavy (non-hydrogen) atoms. The van der Waals surface area contributed by atoms with E-state index in [0.717, 1.165) is 0 Å². The first-order valence-electron chi connectivity index (χ1n) is 8.10. The number of nitrogens with zero attached hydrogens (tertiary/aromatic N) is 1. The van der Waals surface area contributed by atoms with E-state index in [2.05, 4.69) is 0 Å². The van der Waals surface area contributed by atoms with Crippen LogP contribution in [0.2, 0.25) is 0 Å². The summed E-state index contributed by atoms with van der Waals surface area (Å²) in [6.07, 6.45) is 0. The van der Waals surface area contributed by atoms with Gasteiger partial charge in [0.1, 0.15) is 16.9 Å². The predicted molar refractivity (Wildman–Crippen MR) is 96.5 cm³/mol. The van der Waals surface area contributed by atoms with E-state index in [9.17, 15) is 24.5 Å². The zero-order valence-electron chi connectivity index (χ0n) is 14.5. The molecule has 3 aromatic rings. The van der Waals surface area contributed by atoms with Crippen LogP contribution in [-0.2, 0) is 4.74 Å². The van der Waals surface area contributed by atoms with Crippen molar-refractivity contribution in [2.45, 2.75) is 6.92 Å². The fraction of sp³-hybridized carbons (Fsp3) is 0.105.